The highest BCUT2D eigenvalue weighted by Gasteiger charge is 2.44. The van der Waals surface area contributed by atoms with Crippen molar-refractivity contribution in [2.45, 2.75) is 45.3 Å². The Kier molecular flexibility index (Phi) is 5.70. The number of benzene rings is 1. The first-order valence-electron chi connectivity index (χ1n) is 10.6. The molecule has 0 bridgehead atoms. The first kappa shape index (κ1) is 22.3. The molecule has 9 heteroatoms. The number of hydrogen-bond acceptors (Lipinski definition) is 6. The number of piperidine rings is 1. The number of anilines is 2. The minimum absolute atomic E-state index is 0.0671. The number of amides is 1. The molecule has 1 unspecified atom stereocenters. The lowest BCUT2D eigenvalue weighted by molar-refractivity contribution is -0.286. The summed E-state index contributed by atoms with van der Waals surface area (Å²) in [6.07, 6.45) is -1.75. The zero-order chi connectivity index (χ0) is 23.1. The lowest BCUT2D eigenvalue weighted by atomic mass is 9.83. The number of carbonyl (C=O) groups excluding carboxylic acids is 1. The average molecular weight is 447 g/mol. The van der Waals surface area contributed by atoms with E-state index >= 15 is 0 Å². The molecule has 3 heterocycles. The molecule has 1 amide bonds. The van der Waals surface area contributed by atoms with Crippen LogP contribution in [0.4, 0.5) is 20.4 Å². The third kappa shape index (κ3) is 4.34. The number of fused-ring (bicyclic) bond motifs is 1. The Bertz CT molecular complexity index is 1030. The minimum Gasteiger partial charge on any atom is -0.396 e. The third-order valence-electron chi connectivity index (χ3n) is 6.08. The Balaban J connectivity index is 1.52. The number of aliphatic hydroxyl groups is 1. The highest BCUT2D eigenvalue weighted by atomic mass is 19.3. The van der Waals surface area contributed by atoms with Gasteiger partial charge < -0.3 is 24.8 Å². The molecule has 0 radical (unpaired) electrons. The van der Waals surface area contributed by atoms with Gasteiger partial charge in [0.25, 0.3) is 0 Å². The van der Waals surface area contributed by atoms with E-state index in [0.29, 0.717) is 11.4 Å². The molecule has 2 aliphatic rings. The first-order chi connectivity index (χ1) is 15.1. The van der Waals surface area contributed by atoms with E-state index in [1.165, 1.54) is 12.1 Å². The third-order valence-corrected chi connectivity index (χ3v) is 6.08. The van der Waals surface area contributed by atoms with E-state index in [0.717, 1.165) is 37.3 Å². The molecule has 0 aliphatic carbocycles. The van der Waals surface area contributed by atoms with Gasteiger partial charge in [-0.3, -0.25) is 4.79 Å². The number of rotatable bonds is 5. The zero-order valence-electron chi connectivity index (χ0n) is 18.3. The predicted molar refractivity (Wildman–Crippen MR) is 115 cm³/mol. The minimum atomic E-state index is -3.71. The highest BCUT2D eigenvalue weighted by molar-refractivity contribution is 5.98. The Morgan fingerprint density at radius 1 is 1.28 bits per heavy atom. The van der Waals surface area contributed by atoms with Gasteiger partial charge >= 0.3 is 6.29 Å². The van der Waals surface area contributed by atoms with Crippen LogP contribution in [0.1, 0.15) is 37.8 Å². The maximum Gasteiger partial charge on any atom is 0.586 e. The number of pyridine rings is 1. The molecule has 0 saturated carbocycles. The van der Waals surface area contributed by atoms with Gasteiger partial charge in [0.15, 0.2) is 11.5 Å². The summed E-state index contributed by atoms with van der Waals surface area (Å²) in [6.45, 7) is 7.06. The number of aromatic nitrogens is 1. The molecule has 0 spiro atoms. The molecule has 32 heavy (non-hydrogen) atoms. The van der Waals surface area contributed by atoms with Crippen LogP contribution in [-0.4, -0.2) is 42.0 Å². The summed E-state index contributed by atoms with van der Waals surface area (Å²) in [7, 11) is 0. The molecule has 172 valence electrons. The van der Waals surface area contributed by atoms with Crippen molar-refractivity contribution >= 4 is 17.5 Å². The molecule has 1 aromatic carbocycles. The number of ether oxygens (including phenoxy) is 2. The molecular weight excluding hydrogens is 420 g/mol. The standard InChI is InChI=1S/C23H27F2N3O4/c1-14-6-9-19(26-20(14)28-10-4-5-15(12-28)13-29)27-21(30)22(2,3)16-7-8-17-18(11-16)32-23(24,25)31-17/h6-9,11,15,29H,4-5,10,12-13H2,1-3H3,(H,26,27,30). The number of halogens is 2. The maximum absolute atomic E-state index is 13.3. The monoisotopic (exact) mass is 447 g/mol. The molecule has 2 N–H and O–H groups in total. The van der Waals surface area contributed by atoms with Crippen molar-refractivity contribution in [1.29, 1.82) is 0 Å². The summed E-state index contributed by atoms with van der Waals surface area (Å²) in [5, 5.41) is 12.4. The average Bonchev–Trinajstić information content (AvgIpc) is 3.07. The van der Waals surface area contributed by atoms with E-state index in [4.69, 9.17) is 0 Å². The topological polar surface area (TPSA) is 83.9 Å². The maximum atomic E-state index is 13.3. The van der Waals surface area contributed by atoms with Crippen LogP contribution in [0, 0.1) is 12.8 Å². The van der Waals surface area contributed by atoms with E-state index < -0.39 is 11.7 Å². The lowest BCUT2D eigenvalue weighted by Gasteiger charge is -2.34. The number of aliphatic hydroxyl groups excluding tert-OH is 1. The summed E-state index contributed by atoms with van der Waals surface area (Å²) < 4.78 is 35.6. The van der Waals surface area contributed by atoms with Crippen LogP contribution in [0.15, 0.2) is 30.3 Å². The van der Waals surface area contributed by atoms with E-state index in [2.05, 4.69) is 24.7 Å². The van der Waals surface area contributed by atoms with Crippen LogP contribution in [-0.2, 0) is 10.2 Å². The molecule has 4 rings (SSSR count). The molecule has 1 aromatic heterocycles. The van der Waals surface area contributed by atoms with Crippen LogP contribution in [0.25, 0.3) is 0 Å². The van der Waals surface area contributed by atoms with Gasteiger partial charge in [0.05, 0.1) is 5.41 Å². The fraction of sp³-hybridized carbons (Fsp3) is 0.478. The van der Waals surface area contributed by atoms with E-state index in [1.54, 1.807) is 26.0 Å². The van der Waals surface area contributed by atoms with Gasteiger partial charge in [0.2, 0.25) is 5.91 Å². The van der Waals surface area contributed by atoms with Gasteiger partial charge in [-0.05, 0) is 68.9 Å². The highest BCUT2D eigenvalue weighted by Crippen LogP contribution is 2.43. The van der Waals surface area contributed by atoms with Crippen LogP contribution >= 0.6 is 0 Å². The van der Waals surface area contributed by atoms with Crippen LogP contribution in [0.5, 0.6) is 11.5 Å². The van der Waals surface area contributed by atoms with Crippen molar-refractivity contribution in [2.24, 2.45) is 5.92 Å². The predicted octanol–water partition coefficient (Wildman–Crippen LogP) is 3.84. The molecule has 2 aliphatic heterocycles. The molecule has 1 saturated heterocycles. The zero-order valence-corrected chi connectivity index (χ0v) is 18.3. The van der Waals surface area contributed by atoms with Crippen molar-refractivity contribution in [3.8, 4) is 11.5 Å². The fourth-order valence-electron chi connectivity index (χ4n) is 4.06. The van der Waals surface area contributed by atoms with Crippen molar-refractivity contribution in [3.63, 3.8) is 0 Å². The Hall–Kier alpha value is -2.94. The second-order valence-electron chi connectivity index (χ2n) is 8.88. The Morgan fingerprint density at radius 3 is 2.78 bits per heavy atom. The lowest BCUT2D eigenvalue weighted by Crippen LogP contribution is -2.38. The van der Waals surface area contributed by atoms with Crippen molar-refractivity contribution in [1.82, 2.24) is 4.98 Å². The molecule has 1 fully saturated rings. The van der Waals surface area contributed by atoms with Crippen LogP contribution in [0.3, 0.4) is 0 Å². The fourth-order valence-corrected chi connectivity index (χ4v) is 4.06. The summed E-state index contributed by atoms with van der Waals surface area (Å²) in [5.41, 5.74) is 0.442. The van der Waals surface area contributed by atoms with Gasteiger partial charge in [-0.2, -0.15) is 0 Å². The Labute approximate surface area is 185 Å². The second-order valence-corrected chi connectivity index (χ2v) is 8.88. The summed E-state index contributed by atoms with van der Waals surface area (Å²) in [5.74, 6) is 0.888. The van der Waals surface area contributed by atoms with Gasteiger partial charge in [0, 0.05) is 19.7 Å². The number of aryl methyl sites for hydroxylation is 1. The van der Waals surface area contributed by atoms with Crippen molar-refractivity contribution in [2.75, 3.05) is 29.9 Å². The first-order valence-corrected chi connectivity index (χ1v) is 10.6. The number of alkyl halides is 2. The van der Waals surface area contributed by atoms with Gasteiger partial charge in [-0.1, -0.05) is 12.1 Å². The van der Waals surface area contributed by atoms with E-state index in [-0.39, 0.29) is 29.9 Å². The normalized spacial score (nSPS) is 19.7. The summed E-state index contributed by atoms with van der Waals surface area (Å²) in [4.78, 5) is 19.9. The number of nitrogens with one attached hydrogen (secondary N) is 1. The number of nitrogens with zero attached hydrogens (tertiary/aromatic N) is 2. The van der Waals surface area contributed by atoms with E-state index in [9.17, 15) is 18.7 Å². The molecule has 1 atom stereocenters. The molecule has 2 aromatic rings. The summed E-state index contributed by atoms with van der Waals surface area (Å²) in [6, 6.07) is 7.97. The van der Waals surface area contributed by atoms with Crippen molar-refractivity contribution in [3.05, 3.63) is 41.5 Å². The Morgan fingerprint density at radius 2 is 2.03 bits per heavy atom. The second kappa shape index (κ2) is 8.20. The number of carbonyl (C=O) groups is 1. The van der Waals surface area contributed by atoms with Crippen molar-refractivity contribution < 1.29 is 28.2 Å². The van der Waals surface area contributed by atoms with Crippen LogP contribution in [0.2, 0.25) is 0 Å². The molecular formula is C23H27F2N3O4. The van der Waals surface area contributed by atoms with Gasteiger partial charge in [-0.25, -0.2) is 4.98 Å². The molecule has 7 nitrogen and oxygen atoms in total. The van der Waals surface area contributed by atoms with Crippen LogP contribution < -0.4 is 19.7 Å². The van der Waals surface area contributed by atoms with E-state index in [1.807, 2.05) is 13.0 Å². The summed E-state index contributed by atoms with van der Waals surface area (Å²) >= 11 is 0. The smallest absolute Gasteiger partial charge is 0.396 e. The largest absolute Gasteiger partial charge is 0.586 e. The number of hydrogen-bond donors (Lipinski definition) is 2. The van der Waals surface area contributed by atoms with Gasteiger partial charge in [-0.15, -0.1) is 8.78 Å². The van der Waals surface area contributed by atoms with Gasteiger partial charge in [0.1, 0.15) is 11.6 Å². The SMILES string of the molecule is Cc1ccc(NC(=O)C(C)(C)c2ccc3c(c2)OC(F)(F)O3)nc1N1CCCC(CO)C1. The quantitative estimate of drug-likeness (QED) is 0.725.